The number of amides is 1. The molecule has 0 aliphatic heterocycles. The van der Waals surface area contributed by atoms with E-state index in [1.54, 1.807) is 0 Å². The van der Waals surface area contributed by atoms with E-state index in [1.807, 2.05) is 49.2 Å². The number of rotatable bonds is 6. The van der Waals surface area contributed by atoms with Gasteiger partial charge in [0.2, 0.25) is 5.91 Å². The van der Waals surface area contributed by atoms with E-state index in [0.29, 0.717) is 6.54 Å². The molecular formula is C15H25N3O. The summed E-state index contributed by atoms with van der Waals surface area (Å²) in [5.74, 6) is 0.00141. The van der Waals surface area contributed by atoms with E-state index < -0.39 is 0 Å². The number of anilines is 1. The zero-order valence-electron chi connectivity index (χ0n) is 12.3. The SMILES string of the molecule is CC(C(=O)Nc1ccccc1)N(C)CC(C)(C)CN. The Morgan fingerprint density at radius 3 is 2.47 bits per heavy atom. The molecule has 19 heavy (non-hydrogen) atoms. The third-order valence-corrected chi connectivity index (χ3v) is 3.31. The lowest BCUT2D eigenvalue weighted by Gasteiger charge is -2.32. The lowest BCUT2D eigenvalue weighted by Crippen LogP contribution is -2.45. The highest BCUT2D eigenvalue weighted by Gasteiger charge is 2.24. The Kier molecular flexibility index (Phi) is 5.51. The molecule has 106 valence electrons. The molecule has 0 bridgehead atoms. The predicted octanol–water partition coefficient (Wildman–Crippen LogP) is 1.93. The second-order valence-corrected chi connectivity index (χ2v) is 5.81. The molecule has 0 fully saturated rings. The van der Waals surface area contributed by atoms with Gasteiger partial charge in [-0.25, -0.2) is 0 Å². The summed E-state index contributed by atoms with van der Waals surface area (Å²) < 4.78 is 0. The summed E-state index contributed by atoms with van der Waals surface area (Å²) in [4.78, 5) is 14.2. The Hall–Kier alpha value is -1.39. The molecular weight excluding hydrogens is 238 g/mol. The van der Waals surface area contributed by atoms with Crippen molar-refractivity contribution in [1.29, 1.82) is 0 Å². The molecule has 0 aliphatic rings. The van der Waals surface area contributed by atoms with E-state index in [9.17, 15) is 4.79 Å². The van der Waals surface area contributed by atoms with Crippen molar-refractivity contribution in [1.82, 2.24) is 4.90 Å². The number of hydrogen-bond acceptors (Lipinski definition) is 3. The molecule has 0 heterocycles. The van der Waals surface area contributed by atoms with Crippen molar-refractivity contribution >= 4 is 11.6 Å². The van der Waals surface area contributed by atoms with Crippen molar-refractivity contribution in [2.75, 3.05) is 25.5 Å². The van der Waals surface area contributed by atoms with E-state index >= 15 is 0 Å². The van der Waals surface area contributed by atoms with Gasteiger partial charge in [0.05, 0.1) is 6.04 Å². The molecule has 0 radical (unpaired) electrons. The molecule has 1 amide bonds. The van der Waals surface area contributed by atoms with Gasteiger partial charge in [-0.15, -0.1) is 0 Å². The molecule has 4 heteroatoms. The van der Waals surface area contributed by atoms with Crippen LogP contribution in [-0.2, 0) is 4.79 Å². The topological polar surface area (TPSA) is 58.4 Å². The van der Waals surface area contributed by atoms with E-state index in [1.165, 1.54) is 0 Å². The maximum atomic E-state index is 12.1. The van der Waals surface area contributed by atoms with Crippen LogP contribution >= 0.6 is 0 Å². The van der Waals surface area contributed by atoms with Gasteiger partial charge < -0.3 is 11.1 Å². The van der Waals surface area contributed by atoms with E-state index in [-0.39, 0.29) is 17.4 Å². The quantitative estimate of drug-likeness (QED) is 0.824. The van der Waals surface area contributed by atoms with Gasteiger partial charge in [0.1, 0.15) is 0 Å². The monoisotopic (exact) mass is 263 g/mol. The average molecular weight is 263 g/mol. The van der Waals surface area contributed by atoms with Gasteiger partial charge in [0, 0.05) is 12.2 Å². The van der Waals surface area contributed by atoms with E-state index in [2.05, 4.69) is 19.2 Å². The fourth-order valence-corrected chi connectivity index (χ4v) is 1.84. The van der Waals surface area contributed by atoms with Crippen molar-refractivity contribution in [2.45, 2.75) is 26.8 Å². The lowest BCUT2D eigenvalue weighted by molar-refractivity contribution is -0.120. The van der Waals surface area contributed by atoms with Gasteiger partial charge >= 0.3 is 0 Å². The van der Waals surface area contributed by atoms with Gasteiger partial charge in [-0.05, 0) is 38.1 Å². The minimum atomic E-state index is -0.189. The second kappa shape index (κ2) is 6.68. The average Bonchev–Trinajstić information content (AvgIpc) is 2.38. The van der Waals surface area contributed by atoms with Gasteiger partial charge in [0.15, 0.2) is 0 Å². The first kappa shape index (κ1) is 15.7. The molecule has 0 spiro atoms. The van der Waals surface area contributed by atoms with Crippen LogP contribution in [0, 0.1) is 5.41 Å². The van der Waals surface area contributed by atoms with Crippen LogP contribution in [0.1, 0.15) is 20.8 Å². The highest BCUT2D eigenvalue weighted by molar-refractivity contribution is 5.94. The molecule has 1 aromatic rings. The third-order valence-electron chi connectivity index (χ3n) is 3.31. The Labute approximate surface area is 116 Å². The molecule has 1 unspecified atom stereocenters. The van der Waals surface area contributed by atoms with E-state index in [4.69, 9.17) is 5.73 Å². The Morgan fingerprint density at radius 2 is 1.95 bits per heavy atom. The number of carbonyl (C=O) groups excluding carboxylic acids is 1. The predicted molar refractivity (Wildman–Crippen MR) is 80.0 cm³/mol. The number of nitrogens with one attached hydrogen (secondary N) is 1. The number of carbonyl (C=O) groups is 1. The fraction of sp³-hybridized carbons (Fsp3) is 0.533. The molecule has 1 aromatic carbocycles. The molecule has 0 saturated carbocycles. The maximum absolute atomic E-state index is 12.1. The van der Waals surface area contributed by atoms with Crippen LogP contribution in [0.25, 0.3) is 0 Å². The van der Waals surface area contributed by atoms with Gasteiger partial charge in [-0.2, -0.15) is 0 Å². The van der Waals surface area contributed by atoms with Gasteiger partial charge in [-0.3, -0.25) is 9.69 Å². The highest BCUT2D eigenvalue weighted by atomic mass is 16.2. The van der Waals surface area contributed by atoms with Crippen molar-refractivity contribution < 1.29 is 4.79 Å². The van der Waals surface area contributed by atoms with Gasteiger partial charge in [-0.1, -0.05) is 32.0 Å². The minimum Gasteiger partial charge on any atom is -0.330 e. The molecule has 3 N–H and O–H groups in total. The standard InChI is InChI=1S/C15H25N3O/c1-12(18(4)11-15(2,3)10-16)14(19)17-13-8-6-5-7-9-13/h5-9,12H,10-11,16H2,1-4H3,(H,17,19). The zero-order chi connectivity index (χ0) is 14.5. The number of likely N-dealkylation sites (N-methyl/N-ethyl adjacent to an activating group) is 1. The summed E-state index contributed by atoms with van der Waals surface area (Å²) in [6.07, 6.45) is 0. The van der Waals surface area contributed by atoms with Crippen LogP contribution in [0.5, 0.6) is 0 Å². The summed E-state index contributed by atoms with van der Waals surface area (Å²) in [6.45, 7) is 7.50. The van der Waals surface area contributed by atoms with Crippen LogP contribution in [-0.4, -0.2) is 37.0 Å². The van der Waals surface area contributed by atoms with Crippen LogP contribution in [0.3, 0.4) is 0 Å². The van der Waals surface area contributed by atoms with Crippen LogP contribution in [0.4, 0.5) is 5.69 Å². The molecule has 1 rings (SSSR count). The Morgan fingerprint density at radius 1 is 1.37 bits per heavy atom. The smallest absolute Gasteiger partial charge is 0.241 e. The molecule has 0 aromatic heterocycles. The van der Waals surface area contributed by atoms with Crippen molar-refractivity contribution in [2.24, 2.45) is 11.1 Å². The third kappa shape index (κ3) is 5.01. The van der Waals surface area contributed by atoms with Gasteiger partial charge in [0.25, 0.3) is 0 Å². The Balaban J connectivity index is 2.57. The Bertz CT molecular complexity index is 403. The number of nitrogens with zero attached hydrogens (tertiary/aromatic N) is 1. The molecule has 0 saturated heterocycles. The van der Waals surface area contributed by atoms with Crippen molar-refractivity contribution in [3.8, 4) is 0 Å². The largest absolute Gasteiger partial charge is 0.330 e. The summed E-state index contributed by atoms with van der Waals surface area (Å²) in [5.41, 5.74) is 6.56. The van der Waals surface area contributed by atoms with Crippen LogP contribution in [0.2, 0.25) is 0 Å². The first-order chi connectivity index (χ1) is 8.85. The zero-order valence-corrected chi connectivity index (χ0v) is 12.3. The second-order valence-electron chi connectivity index (χ2n) is 5.81. The normalized spacial score (nSPS) is 13.4. The molecule has 1 atom stereocenters. The summed E-state index contributed by atoms with van der Waals surface area (Å²) >= 11 is 0. The maximum Gasteiger partial charge on any atom is 0.241 e. The summed E-state index contributed by atoms with van der Waals surface area (Å²) in [5, 5.41) is 2.91. The number of para-hydroxylation sites is 1. The number of hydrogen-bond donors (Lipinski definition) is 2. The summed E-state index contributed by atoms with van der Waals surface area (Å²) in [7, 11) is 1.95. The first-order valence-electron chi connectivity index (χ1n) is 6.62. The fourth-order valence-electron chi connectivity index (χ4n) is 1.84. The van der Waals surface area contributed by atoms with Crippen LogP contribution in [0.15, 0.2) is 30.3 Å². The first-order valence-corrected chi connectivity index (χ1v) is 6.62. The molecule has 0 aliphatic carbocycles. The highest BCUT2D eigenvalue weighted by Crippen LogP contribution is 2.16. The van der Waals surface area contributed by atoms with Crippen LogP contribution < -0.4 is 11.1 Å². The molecule has 4 nitrogen and oxygen atoms in total. The number of benzene rings is 1. The van der Waals surface area contributed by atoms with Crippen molar-refractivity contribution in [3.05, 3.63) is 30.3 Å². The summed E-state index contributed by atoms with van der Waals surface area (Å²) in [6, 6.07) is 9.31. The lowest BCUT2D eigenvalue weighted by atomic mass is 9.93. The van der Waals surface area contributed by atoms with E-state index in [0.717, 1.165) is 12.2 Å². The van der Waals surface area contributed by atoms with Crippen molar-refractivity contribution in [3.63, 3.8) is 0 Å². The minimum absolute atomic E-state index is 0.00141. The number of nitrogens with two attached hydrogens (primary N) is 1.